The minimum atomic E-state index is -0.754. The van der Waals surface area contributed by atoms with Crippen LogP contribution in [0, 0.1) is 23.7 Å². The molecule has 0 spiro atoms. The molecule has 8 nitrogen and oxygen atoms in total. The van der Waals surface area contributed by atoms with E-state index in [9.17, 15) is 24.0 Å². The smallest absolute Gasteiger partial charge is 0.338 e. The standard InChI is InChI=1S/C26H22N2O6/c1-14(29)15-4-2-6-19(11-15)27-21(30)13-34-26(33)18-5-3-7-20(12-18)28-24(31)22-16-8-9-17(10-16)23(22)25(28)32/h2-9,11-12,16-17,22-23H,10,13H2,1H3,(H,27,30)/t16-,17-,22-,23+/m0/s1. The molecule has 1 saturated carbocycles. The molecule has 34 heavy (non-hydrogen) atoms. The lowest BCUT2D eigenvalue weighted by Crippen LogP contribution is -2.33. The van der Waals surface area contributed by atoms with Crippen LogP contribution in [0.4, 0.5) is 11.4 Å². The third kappa shape index (κ3) is 3.71. The van der Waals surface area contributed by atoms with Gasteiger partial charge in [-0.1, -0.05) is 30.4 Å². The highest BCUT2D eigenvalue weighted by Crippen LogP contribution is 2.53. The molecule has 5 rings (SSSR count). The molecule has 2 aliphatic carbocycles. The first-order chi connectivity index (χ1) is 16.3. The number of benzene rings is 2. The van der Waals surface area contributed by atoms with E-state index in [1.807, 2.05) is 12.2 Å². The molecular formula is C26H22N2O6. The fourth-order valence-electron chi connectivity index (χ4n) is 5.16. The summed E-state index contributed by atoms with van der Waals surface area (Å²) in [5, 5.41) is 2.58. The lowest BCUT2D eigenvalue weighted by atomic mass is 9.85. The summed E-state index contributed by atoms with van der Waals surface area (Å²) >= 11 is 0. The molecule has 1 heterocycles. The van der Waals surface area contributed by atoms with Gasteiger partial charge in [0.1, 0.15) is 0 Å². The van der Waals surface area contributed by atoms with E-state index in [2.05, 4.69) is 5.32 Å². The Morgan fingerprint density at radius 3 is 2.26 bits per heavy atom. The van der Waals surface area contributed by atoms with Gasteiger partial charge in [0.2, 0.25) is 11.8 Å². The number of allylic oxidation sites excluding steroid dienone is 2. The maximum absolute atomic E-state index is 13.0. The lowest BCUT2D eigenvalue weighted by molar-refractivity contribution is -0.123. The van der Waals surface area contributed by atoms with Crippen molar-refractivity contribution in [3.05, 3.63) is 71.8 Å². The molecule has 0 radical (unpaired) electrons. The van der Waals surface area contributed by atoms with Crippen LogP contribution in [0.25, 0.3) is 0 Å². The Morgan fingerprint density at radius 1 is 0.941 bits per heavy atom. The zero-order chi connectivity index (χ0) is 24.0. The van der Waals surface area contributed by atoms with Gasteiger partial charge < -0.3 is 10.1 Å². The van der Waals surface area contributed by atoms with Gasteiger partial charge in [-0.25, -0.2) is 9.69 Å². The molecule has 0 aromatic heterocycles. The monoisotopic (exact) mass is 458 g/mol. The van der Waals surface area contributed by atoms with Crippen molar-refractivity contribution in [2.45, 2.75) is 13.3 Å². The first kappa shape index (κ1) is 21.8. The van der Waals surface area contributed by atoms with E-state index in [1.165, 1.54) is 30.0 Å². The molecule has 4 atom stereocenters. The molecular weight excluding hydrogens is 436 g/mol. The van der Waals surface area contributed by atoms with Crippen LogP contribution in [0.15, 0.2) is 60.7 Å². The van der Waals surface area contributed by atoms with Gasteiger partial charge in [0.05, 0.1) is 23.1 Å². The minimum absolute atomic E-state index is 0.0965. The molecule has 8 heteroatoms. The van der Waals surface area contributed by atoms with Gasteiger partial charge >= 0.3 is 5.97 Å². The summed E-state index contributed by atoms with van der Waals surface area (Å²) in [6.45, 7) is 0.891. The van der Waals surface area contributed by atoms with Crippen molar-refractivity contribution in [1.29, 1.82) is 0 Å². The number of imide groups is 1. The Kier molecular flexibility index (Phi) is 5.36. The normalized spacial score (nSPS) is 24.3. The van der Waals surface area contributed by atoms with Crippen LogP contribution in [-0.4, -0.2) is 36.1 Å². The fraction of sp³-hybridized carbons (Fsp3) is 0.269. The predicted molar refractivity (Wildman–Crippen MR) is 122 cm³/mol. The van der Waals surface area contributed by atoms with Crippen molar-refractivity contribution in [3.63, 3.8) is 0 Å². The Balaban J connectivity index is 1.23. The number of ketones is 1. The second-order valence-corrected chi connectivity index (χ2v) is 8.82. The lowest BCUT2D eigenvalue weighted by Gasteiger charge is -2.18. The van der Waals surface area contributed by atoms with Gasteiger partial charge in [0.25, 0.3) is 5.91 Å². The second kappa shape index (κ2) is 8.37. The van der Waals surface area contributed by atoms with E-state index in [-0.39, 0.29) is 46.8 Å². The molecule has 2 bridgehead atoms. The Hall–Kier alpha value is -4.07. The second-order valence-electron chi connectivity index (χ2n) is 8.82. The molecule has 2 aromatic carbocycles. The van der Waals surface area contributed by atoms with E-state index in [0.717, 1.165) is 6.42 Å². The van der Waals surface area contributed by atoms with Crippen molar-refractivity contribution < 1.29 is 28.7 Å². The van der Waals surface area contributed by atoms with E-state index in [0.29, 0.717) is 16.9 Å². The maximum Gasteiger partial charge on any atom is 0.338 e. The highest BCUT2D eigenvalue weighted by atomic mass is 16.5. The quantitative estimate of drug-likeness (QED) is 0.308. The van der Waals surface area contributed by atoms with Crippen molar-refractivity contribution >= 4 is 40.8 Å². The SMILES string of the molecule is CC(=O)c1cccc(NC(=O)COC(=O)c2cccc(N3C(=O)[C@@H]4[C@H](C3=O)[C@H]3C=C[C@H]4C3)c2)c1. The van der Waals surface area contributed by atoms with Gasteiger partial charge in [-0.05, 0) is 55.5 Å². The topological polar surface area (TPSA) is 110 Å². The van der Waals surface area contributed by atoms with Crippen LogP contribution >= 0.6 is 0 Å². The number of amides is 3. The molecule has 172 valence electrons. The number of carbonyl (C=O) groups excluding carboxylic acids is 5. The molecule has 3 amide bonds. The van der Waals surface area contributed by atoms with Crippen molar-refractivity contribution in [2.24, 2.45) is 23.7 Å². The highest BCUT2D eigenvalue weighted by molar-refractivity contribution is 6.23. The molecule has 1 saturated heterocycles. The summed E-state index contributed by atoms with van der Waals surface area (Å²) in [5.74, 6) is -2.38. The Bertz CT molecular complexity index is 1240. The summed E-state index contributed by atoms with van der Waals surface area (Å²) in [4.78, 5) is 63.4. The average molecular weight is 458 g/mol. The number of carbonyl (C=O) groups is 5. The van der Waals surface area contributed by atoms with E-state index in [4.69, 9.17) is 4.74 Å². The van der Waals surface area contributed by atoms with Crippen LogP contribution in [0.5, 0.6) is 0 Å². The van der Waals surface area contributed by atoms with Gasteiger partial charge in [-0.15, -0.1) is 0 Å². The number of fused-ring (bicyclic) bond motifs is 5. The van der Waals surface area contributed by atoms with Crippen LogP contribution in [0.1, 0.15) is 34.1 Å². The van der Waals surface area contributed by atoms with Crippen LogP contribution in [-0.2, 0) is 19.1 Å². The van der Waals surface area contributed by atoms with Gasteiger partial charge in [-0.3, -0.25) is 19.2 Å². The van der Waals surface area contributed by atoms with Crippen molar-refractivity contribution in [2.75, 3.05) is 16.8 Å². The molecule has 0 unspecified atom stereocenters. The van der Waals surface area contributed by atoms with Gasteiger partial charge in [-0.2, -0.15) is 0 Å². The summed E-state index contributed by atoms with van der Waals surface area (Å²) in [6, 6.07) is 12.5. The highest BCUT2D eigenvalue weighted by Gasteiger charge is 2.59. The Labute approximate surface area is 195 Å². The van der Waals surface area contributed by atoms with Crippen LogP contribution < -0.4 is 10.2 Å². The number of esters is 1. The summed E-state index contributed by atoms with van der Waals surface area (Å²) in [7, 11) is 0. The summed E-state index contributed by atoms with van der Waals surface area (Å²) in [5.41, 5.74) is 1.31. The van der Waals surface area contributed by atoms with E-state index in [1.54, 1.807) is 30.3 Å². The van der Waals surface area contributed by atoms with E-state index >= 15 is 0 Å². The predicted octanol–water partition coefficient (Wildman–Crippen LogP) is 3.00. The molecule has 2 aromatic rings. The largest absolute Gasteiger partial charge is 0.452 e. The first-order valence-corrected chi connectivity index (χ1v) is 11.1. The average Bonchev–Trinajstić information content (AvgIpc) is 3.51. The number of nitrogens with one attached hydrogen (secondary N) is 1. The number of nitrogens with zero attached hydrogens (tertiary/aromatic N) is 1. The third-order valence-electron chi connectivity index (χ3n) is 6.70. The molecule has 3 aliphatic rings. The van der Waals surface area contributed by atoms with Crippen molar-refractivity contribution in [1.82, 2.24) is 0 Å². The first-order valence-electron chi connectivity index (χ1n) is 11.1. The number of hydrogen-bond donors (Lipinski definition) is 1. The summed E-state index contributed by atoms with van der Waals surface area (Å²) in [6.07, 6.45) is 4.89. The van der Waals surface area contributed by atoms with Crippen LogP contribution in [0.2, 0.25) is 0 Å². The maximum atomic E-state index is 13.0. The third-order valence-corrected chi connectivity index (χ3v) is 6.70. The van der Waals surface area contributed by atoms with Crippen LogP contribution in [0.3, 0.4) is 0 Å². The van der Waals surface area contributed by atoms with Crippen molar-refractivity contribution in [3.8, 4) is 0 Å². The summed E-state index contributed by atoms with van der Waals surface area (Å²) < 4.78 is 5.11. The van der Waals surface area contributed by atoms with Gasteiger partial charge in [0, 0.05) is 11.3 Å². The fourth-order valence-corrected chi connectivity index (χ4v) is 5.16. The zero-order valence-electron chi connectivity index (χ0n) is 18.4. The number of hydrogen-bond acceptors (Lipinski definition) is 6. The van der Waals surface area contributed by atoms with E-state index < -0.39 is 18.5 Å². The Morgan fingerprint density at radius 2 is 1.59 bits per heavy atom. The number of Topliss-reactive ketones (excluding diaryl/α,β-unsaturated/α-hetero) is 1. The van der Waals surface area contributed by atoms with Gasteiger partial charge in [0.15, 0.2) is 12.4 Å². The molecule has 2 fully saturated rings. The minimum Gasteiger partial charge on any atom is -0.452 e. The molecule has 1 N–H and O–H groups in total. The molecule has 1 aliphatic heterocycles. The zero-order valence-corrected chi connectivity index (χ0v) is 18.4. The number of anilines is 2. The number of rotatable bonds is 6. The number of ether oxygens (including phenoxy) is 1.